The number of hydrogen-bond acceptors (Lipinski definition) is 10. The Labute approximate surface area is 182 Å². The van der Waals surface area contributed by atoms with Gasteiger partial charge >= 0.3 is 26.0 Å². The third-order valence-corrected chi connectivity index (χ3v) is 4.47. The fourth-order valence-electron chi connectivity index (χ4n) is 1.80. The van der Waals surface area contributed by atoms with E-state index >= 15 is 0 Å². The van der Waals surface area contributed by atoms with Gasteiger partial charge < -0.3 is 19.3 Å². The predicted molar refractivity (Wildman–Crippen MR) is 108 cm³/mol. The first-order chi connectivity index (χ1) is 13.7. The Kier molecular flexibility index (Phi) is 10.4. The summed E-state index contributed by atoms with van der Waals surface area (Å²) < 4.78 is 43.0. The summed E-state index contributed by atoms with van der Waals surface area (Å²) in [6.07, 6.45) is -2.84. The molecule has 0 spiro atoms. The maximum Gasteiger partial charge on any atom is 0.507 e. The molecule has 13 heteroatoms. The van der Waals surface area contributed by atoms with E-state index in [-0.39, 0.29) is 0 Å². The summed E-state index contributed by atoms with van der Waals surface area (Å²) in [6, 6.07) is 0. The van der Waals surface area contributed by atoms with Gasteiger partial charge in [-0.1, -0.05) is 0 Å². The van der Waals surface area contributed by atoms with E-state index in [1.165, 1.54) is 0 Å². The first-order valence-corrected chi connectivity index (χ1v) is 10.8. The second-order valence-corrected chi connectivity index (χ2v) is 10.9. The molecule has 0 aliphatic rings. The van der Waals surface area contributed by atoms with Crippen LogP contribution in [0.15, 0.2) is 0 Å². The highest BCUT2D eigenvalue weighted by molar-refractivity contribution is 7.48. The van der Waals surface area contributed by atoms with Crippen LogP contribution in [0.1, 0.15) is 62.3 Å². The van der Waals surface area contributed by atoms with Crippen molar-refractivity contribution in [3.8, 4) is 0 Å². The summed E-state index contributed by atoms with van der Waals surface area (Å²) in [4.78, 5) is 35.5. The predicted octanol–water partition coefficient (Wildman–Crippen LogP) is 4.13. The maximum absolute atomic E-state index is 12.9. The SMILES string of the molecule is CC(C)(C)OC(=O)CN(COC(=O)O)C(=O)OCOP(=O)(OC(C)(C)C)OC(C)(C)C. The molecule has 0 aliphatic carbocycles. The second-order valence-electron chi connectivity index (χ2n) is 9.34. The summed E-state index contributed by atoms with van der Waals surface area (Å²) in [5.41, 5.74) is -2.63. The molecule has 31 heavy (non-hydrogen) atoms. The van der Waals surface area contributed by atoms with Crippen molar-refractivity contribution in [2.45, 2.75) is 79.1 Å². The maximum atomic E-state index is 12.9. The van der Waals surface area contributed by atoms with Gasteiger partial charge in [0.15, 0.2) is 6.73 Å². The van der Waals surface area contributed by atoms with E-state index in [1.807, 2.05) is 0 Å². The molecule has 1 N–H and O–H groups in total. The van der Waals surface area contributed by atoms with Crippen molar-refractivity contribution in [1.29, 1.82) is 0 Å². The number of esters is 1. The van der Waals surface area contributed by atoms with Crippen LogP contribution in [0.3, 0.4) is 0 Å². The van der Waals surface area contributed by atoms with E-state index in [2.05, 4.69) is 4.74 Å². The number of carbonyl (C=O) groups excluding carboxylic acids is 2. The zero-order valence-corrected chi connectivity index (χ0v) is 20.4. The third kappa shape index (κ3) is 15.6. The average Bonchev–Trinajstić information content (AvgIpc) is 2.44. The molecule has 1 amide bonds. The quantitative estimate of drug-likeness (QED) is 0.224. The van der Waals surface area contributed by atoms with Gasteiger partial charge in [-0.25, -0.2) is 18.7 Å². The molecule has 0 fully saturated rings. The van der Waals surface area contributed by atoms with Crippen molar-refractivity contribution < 1.29 is 51.8 Å². The van der Waals surface area contributed by atoms with Gasteiger partial charge in [-0.05, 0) is 62.3 Å². The van der Waals surface area contributed by atoms with Crippen LogP contribution in [-0.4, -0.2) is 65.1 Å². The lowest BCUT2D eigenvalue weighted by atomic mass is 10.2. The van der Waals surface area contributed by atoms with Gasteiger partial charge in [-0.2, -0.15) is 0 Å². The van der Waals surface area contributed by atoms with Crippen LogP contribution in [0.25, 0.3) is 0 Å². The largest absolute Gasteiger partial charge is 0.507 e. The lowest BCUT2D eigenvalue weighted by Gasteiger charge is -2.30. The minimum absolute atomic E-state index is 0.631. The van der Waals surface area contributed by atoms with E-state index in [9.17, 15) is 18.9 Å². The van der Waals surface area contributed by atoms with Crippen LogP contribution < -0.4 is 0 Å². The van der Waals surface area contributed by atoms with Crippen LogP contribution in [0, 0.1) is 0 Å². The monoisotopic (exact) mass is 471 g/mol. The number of rotatable bonds is 9. The zero-order chi connectivity index (χ0) is 24.7. The summed E-state index contributed by atoms with van der Waals surface area (Å²) in [5.74, 6) is -0.822. The Balaban J connectivity index is 5.15. The molecule has 0 rings (SSSR count). The molecule has 0 saturated carbocycles. The Morgan fingerprint density at radius 2 is 1.32 bits per heavy atom. The number of nitrogens with zero attached hydrogens (tertiary/aromatic N) is 1. The van der Waals surface area contributed by atoms with E-state index in [0.717, 1.165) is 0 Å². The fraction of sp³-hybridized carbons (Fsp3) is 0.833. The van der Waals surface area contributed by atoms with Gasteiger partial charge in [-0.15, -0.1) is 0 Å². The Morgan fingerprint density at radius 1 is 0.839 bits per heavy atom. The Bertz CT molecular complexity index is 653. The molecule has 0 aromatic heterocycles. The molecule has 0 unspecified atom stereocenters. The van der Waals surface area contributed by atoms with Gasteiger partial charge in [0.25, 0.3) is 0 Å². The van der Waals surface area contributed by atoms with Crippen molar-refractivity contribution in [2.75, 3.05) is 20.1 Å². The second kappa shape index (κ2) is 11.1. The molecule has 0 bridgehead atoms. The van der Waals surface area contributed by atoms with Gasteiger partial charge in [0.2, 0.25) is 6.79 Å². The minimum Gasteiger partial charge on any atom is -0.459 e. The van der Waals surface area contributed by atoms with Crippen LogP contribution in [0.2, 0.25) is 0 Å². The number of hydrogen-bond donors (Lipinski definition) is 1. The van der Waals surface area contributed by atoms with Crippen molar-refractivity contribution >= 4 is 26.0 Å². The summed E-state index contributed by atoms with van der Waals surface area (Å²) in [5, 5.41) is 8.65. The molecule has 0 atom stereocenters. The molecular weight excluding hydrogens is 437 g/mol. The highest BCUT2D eigenvalue weighted by Gasteiger charge is 2.38. The Morgan fingerprint density at radius 3 is 1.71 bits per heavy atom. The molecular formula is C18H34NO11P. The highest BCUT2D eigenvalue weighted by Crippen LogP contribution is 2.55. The number of phosphoric ester groups is 1. The third-order valence-electron chi connectivity index (χ3n) is 2.51. The number of carbonyl (C=O) groups is 3. The standard InChI is InChI=1S/C18H34NO11P/c1-16(2,3)28-13(20)10-19(11-25-15(22)23)14(21)26-12-27-31(24,29-17(4,5)6)30-18(7,8)9/h10-12H2,1-9H3,(H,22,23). The van der Waals surface area contributed by atoms with Crippen molar-refractivity contribution in [2.24, 2.45) is 0 Å². The lowest BCUT2D eigenvalue weighted by Crippen LogP contribution is -2.41. The molecule has 0 aliphatic heterocycles. The molecule has 12 nitrogen and oxygen atoms in total. The van der Waals surface area contributed by atoms with Gasteiger partial charge in [0, 0.05) is 0 Å². The normalized spacial score (nSPS) is 12.8. The summed E-state index contributed by atoms with van der Waals surface area (Å²) >= 11 is 0. The van der Waals surface area contributed by atoms with Crippen molar-refractivity contribution in [1.82, 2.24) is 4.90 Å². The average molecular weight is 471 g/mol. The summed E-state index contributed by atoms with van der Waals surface area (Å²) in [7, 11) is -4.15. The Hall–Kier alpha value is -1.88. The summed E-state index contributed by atoms with van der Waals surface area (Å²) in [6.45, 7) is 12.3. The fourth-order valence-corrected chi connectivity index (χ4v) is 3.47. The van der Waals surface area contributed by atoms with E-state index < -0.39 is 62.9 Å². The van der Waals surface area contributed by atoms with Crippen LogP contribution in [0.4, 0.5) is 9.59 Å². The van der Waals surface area contributed by atoms with Crippen LogP contribution in [0.5, 0.6) is 0 Å². The van der Waals surface area contributed by atoms with Crippen LogP contribution in [-0.2, 0) is 37.1 Å². The van der Waals surface area contributed by atoms with E-state index in [4.69, 9.17) is 28.2 Å². The molecule has 0 aromatic carbocycles. The highest BCUT2D eigenvalue weighted by atomic mass is 31.2. The van der Waals surface area contributed by atoms with Crippen LogP contribution >= 0.6 is 7.82 Å². The van der Waals surface area contributed by atoms with Gasteiger partial charge in [0.1, 0.15) is 12.1 Å². The lowest BCUT2D eigenvalue weighted by molar-refractivity contribution is -0.157. The molecule has 182 valence electrons. The zero-order valence-electron chi connectivity index (χ0n) is 19.5. The van der Waals surface area contributed by atoms with Crippen molar-refractivity contribution in [3.63, 3.8) is 0 Å². The minimum atomic E-state index is -4.15. The smallest absolute Gasteiger partial charge is 0.459 e. The number of ether oxygens (including phenoxy) is 3. The first-order valence-electron chi connectivity index (χ1n) is 9.37. The molecule has 0 radical (unpaired) electrons. The van der Waals surface area contributed by atoms with E-state index in [1.54, 1.807) is 62.3 Å². The van der Waals surface area contributed by atoms with Gasteiger partial charge in [0.05, 0.1) is 11.2 Å². The molecule has 0 heterocycles. The number of carboxylic acid groups (broad SMARTS) is 1. The number of amides is 1. The first kappa shape index (κ1) is 29.1. The van der Waals surface area contributed by atoms with Gasteiger partial charge in [-0.3, -0.25) is 18.7 Å². The topological polar surface area (TPSA) is 147 Å². The van der Waals surface area contributed by atoms with E-state index in [0.29, 0.717) is 4.90 Å². The number of phosphoric acid groups is 1. The molecule has 0 saturated heterocycles. The van der Waals surface area contributed by atoms with Crippen molar-refractivity contribution in [3.05, 3.63) is 0 Å². The molecule has 0 aromatic rings.